The third-order valence-electron chi connectivity index (χ3n) is 3.32. The molecule has 5 nitrogen and oxygen atoms in total. The lowest BCUT2D eigenvalue weighted by Crippen LogP contribution is -2.45. The van der Waals surface area contributed by atoms with Crippen LogP contribution in [-0.2, 0) is 13.9 Å². The summed E-state index contributed by atoms with van der Waals surface area (Å²) in [4.78, 5) is 21.2. The van der Waals surface area contributed by atoms with Crippen LogP contribution in [-0.4, -0.2) is 28.2 Å². The molecule has 0 rings (SSSR count). The topological polar surface area (TPSA) is 83.8 Å². The molecule has 0 aromatic rings. The lowest BCUT2D eigenvalue weighted by Gasteiger charge is -2.37. The Labute approximate surface area is 96.4 Å². The van der Waals surface area contributed by atoms with Gasteiger partial charge in [-0.1, -0.05) is 33.6 Å². The van der Waals surface area contributed by atoms with Gasteiger partial charge in [0.2, 0.25) is 0 Å². The Kier molecular flexibility index (Phi) is 5.66. The molecular formula is C10H21O5P. The highest BCUT2D eigenvalue weighted by atomic mass is 31.2. The van der Waals surface area contributed by atoms with Crippen LogP contribution in [0.15, 0.2) is 0 Å². The lowest BCUT2D eigenvalue weighted by molar-refractivity contribution is -0.142. The van der Waals surface area contributed by atoms with Gasteiger partial charge >= 0.3 is 13.6 Å². The number of carbonyl (C=O) groups is 1. The Morgan fingerprint density at radius 3 is 2.00 bits per heavy atom. The quantitative estimate of drug-likeness (QED) is 0.680. The van der Waals surface area contributed by atoms with Gasteiger partial charge in [0.05, 0.1) is 0 Å². The fourth-order valence-corrected chi connectivity index (χ4v) is 4.09. The number of carboxylic acid groups (broad SMARTS) is 1. The molecule has 0 amide bonds. The summed E-state index contributed by atoms with van der Waals surface area (Å²) in [5.74, 6) is -1.62. The zero-order chi connectivity index (χ0) is 13.0. The van der Waals surface area contributed by atoms with E-state index >= 15 is 0 Å². The van der Waals surface area contributed by atoms with Crippen molar-refractivity contribution in [3.05, 3.63) is 0 Å². The average molecular weight is 252 g/mol. The second kappa shape index (κ2) is 5.80. The molecule has 0 fully saturated rings. The van der Waals surface area contributed by atoms with Crippen LogP contribution in [0.3, 0.4) is 0 Å². The van der Waals surface area contributed by atoms with E-state index in [2.05, 4.69) is 4.52 Å². The summed E-state index contributed by atoms with van der Waals surface area (Å²) < 4.78 is 16.6. The van der Waals surface area contributed by atoms with E-state index in [-0.39, 0.29) is 12.3 Å². The van der Waals surface area contributed by atoms with Crippen molar-refractivity contribution < 1.29 is 23.9 Å². The smallest absolute Gasteiger partial charge is 0.345 e. The zero-order valence-electron chi connectivity index (χ0n) is 10.3. The summed E-state index contributed by atoms with van der Waals surface area (Å²) in [6, 6.07) is 0. The van der Waals surface area contributed by atoms with Crippen molar-refractivity contribution in [2.24, 2.45) is 5.92 Å². The zero-order valence-corrected chi connectivity index (χ0v) is 11.2. The Morgan fingerprint density at radius 1 is 1.38 bits per heavy atom. The van der Waals surface area contributed by atoms with E-state index in [4.69, 9.17) is 0 Å². The fraction of sp³-hybridized carbons (Fsp3) is 0.900. The summed E-state index contributed by atoms with van der Waals surface area (Å²) >= 11 is 0. The van der Waals surface area contributed by atoms with Crippen molar-refractivity contribution in [3.8, 4) is 0 Å². The maximum atomic E-state index is 12.0. The molecule has 0 spiro atoms. The lowest BCUT2D eigenvalue weighted by atomic mass is 9.85. The number of carboxylic acids is 1. The minimum Gasteiger partial charge on any atom is -0.480 e. The molecule has 0 radical (unpaired) electrons. The van der Waals surface area contributed by atoms with Crippen molar-refractivity contribution in [3.63, 3.8) is 0 Å². The highest BCUT2D eigenvalue weighted by Gasteiger charge is 2.57. The van der Waals surface area contributed by atoms with Gasteiger partial charge in [-0.05, 0) is 12.3 Å². The van der Waals surface area contributed by atoms with Gasteiger partial charge < -0.3 is 14.5 Å². The number of hydrogen-bond donors (Lipinski definition) is 2. The molecule has 0 bridgehead atoms. The second-order valence-corrected chi connectivity index (χ2v) is 6.00. The molecule has 6 heteroatoms. The minimum atomic E-state index is -4.16. The first-order chi connectivity index (χ1) is 7.33. The first kappa shape index (κ1) is 15.6. The van der Waals surface area contributed by atoms with E-state index in [1.54, 1.807) is 6.92 Å². The van der Waals surface area contributed by atoms with Crippen LogP contribution >= 0.6 is 7.60 Å². The van der Waals surface area contributed by atoms with Crippen LogP contribution in [0.1, 0.15) is 40.0 Å². The van der Waals surface area contributed by atoms with Gasteiger partial charge in [-0.15, -0.1) is 0 Å². The van der Waals surface area contributed by atoms with Crippen molar-refractivity contribution in [1.29, 1.82) is 0 Å². The first-order valence-corrected chi connectivity index (χ1v) is 7.03. The Bertz CT molecular complexity index is 287. The van der Waals surface area contributed by atoms with E-state index in [1.165, 1.54) is 0 Å². The number of rotatable bonds is 7. The predicted molar refractivity (Wildman–Crippen MR) is 61.6 cm³/mol. The maximum absolute atomic E-state index is 12.0. The van der Waals surface area contributed by atoms with E-state index in [0.717, 1.165) is 7.11 Å². The fourth-order valence-electron chi connectivity index (χ4n) is 2.29. The van der Waals surface area contributed by atoms with Crippen LogP contribution in [0, 0.1) is 5.92 Å². The molecular weight excluding hydrogens is 231 g/mol. The second-order valence-electron chi connectivity index (χ2n) is 3.80. The van der Waals surface area contributed by atoms with Gasteiger partial charge in [0, 0.05) is 7.11 Å². The SMILES string of the molecule is CCC(CC)C(CC)(C(=O)O)P(=O)(O)OC. The molecule has 0 saturated carbocycles. The van der Waals surface area contributed by atoms with Crippen LogP contribution in [0.2, 0.25) is 0 Å². The van der Waals surface area contributed by atoms with Gasteiger partial charge in [-0.2, -0.15) is 0 Å². The van der Waals surface area contributed by atoms with E-state index in [9.17, 15) is 19.4 Å². The minimum absolute atomic E-state index is 0.0797. The molecule has 0 aliphatic carbocycles. The van der Waals surface area contributed by atoms with Crippen LogP contribution in [0.4, 0.5) is 0 Å². The highest BCUT2D eigenvalue weighted by molar-refractivity contribution is 7.55. The molecule has 2 unspecified atom stereocenters. The van der Waals surface area contributed by atoms with Gasteiger partial charge in [0.25, 0.3) is 0 Å². The van der Waals surface area contributed by atoms with Crippen LogP contribution in [0.25, 0.3) is 0 Å². The monoisotopic (exact) mass is 252 g/mol. The molecule has 0 aromatic carbocycles. The molecule has 96 valence electrons. The Balaban J connectivity index is 5.67. The summed E-state index contributed by atoms with van der Waals surface area (Å²) in [5, 5.41) is 7.62. The summed E-state index contributed by atoms with van der Waals surface area (Å²) in [6.07, 6.45) is 1.14. The van der Waals surface area contributed by atoms with Crippen LogP contribution < -0.4 is 0 Å². The van der Waals surface area contributed by atoms with E-state index < -0.39 is 18.7 Å². The van der Waals surface area contributed by atoms with Crippen molar-refractivity contribution in [2.75, 3.05) is 7.11 Å². The summed E-state index contributed by atoms with van der Waals surface area (Å²) in [6.45, 7) is 5.24. The molecule has 0 aromatic heterocycles. The third-order valence-corrected chi connectivity index (χ3v) is 5.70. The molecule has 2 N–H and O–H groups in total. The molecule has 0 saturated heterocycles. The molecule has 2 atom stereocenters. The Morgan fingerprint density at radius 2 is 1.81 bits per heavy atom. The normalized spacial score (nSPS) is 19.1. The van der Waals surface area contributed by atoms with Crippen molar-refractivity contribution in [2.45, 2.75) is 45.2 Å². The summed E-state index contributed by atoms with van der Waals surface area (Å²) in [5.41, 5.74) is 0. The molecule has 0 aliphatic rings. The average Bonchev–Trinajstić information content (AvgIpc) is 2.24. The molecule has 0 aliphatic heterocycles. The summed E-state index contributed by atoms with van der Waals surface area (Å²) in [7, 11) is -3.08. The third kappa shape index (κ3) is 2.31. The van der Waals surface area contributed by atoms with Gasteiger partial charge in [-0.25, -0.2) is 0 Å². The van der Waals surface area contributed by atoms with Gasteiger partial charge in [0.15, 0.2) is 5.16 Å². The molecule has 0 heterocycles. The first-order valence-electron chi connectivity index (χ1n) is 5.45. The largest absolute Gasteiger partial charge is 0.480 e. The van der Waals surface area contributed by atoms with E-state index in [0.29, 0.717) is 12.8 Å². The number of hydrogen-bond acceptors (Lipinski definition) is 3. The standard InChI is InChI=1S/C10H21O5P/c1-5-8(6-2)10(7-3,9(11)12)16(13,14)15-4/h8H,5-7H2,1-4H3,(H,11,12)(H,13,14). The highest BCUT2D eigenvalue weighted by Crippen LogP contribution is 2.61. The number of aliphatic carboxylic acids is 1. The van der Waals surface area contributed by atoms with Crippen LogP contribution in [0.5, 0.6) is 0 Å². The van der Waals surface area contributed by atoms with Crippen molar-refractivity contribution in [1.82, 2.24) is 0 Å². The van der Waals surface area contributed by atoms with Crippen molar-refractivity contribution >= 4 is 13.6 Å². The van der Waals surface area contributed by atoms with Gasteiger partial charge in [-0.3, -0.25) is 9.36 Å². The Hall–Kier alpha value is -0.380. The van der Waals surface area contributed by atoms with Gasteiger partial charge in [0.1, 0.15) is 0 Å². The maximum Gasteiger partial charge on any atom is 0.345 e. The van der Waals surface area contributed by atoms with E-state index in [1.807, 2.05) is 13.8 Å². The molecule has 16 heavy (non-hydrogen) atoms. The predicted octanol–water partition coefficient (Wildman–Crippen LogP) is 2.49.